The average molecular weight is 385 g/mol. The standard InChI is InChI=1S/C19H14F3N5O/c1-10-7-11(8-16(24-10)19(20,21)22)12-9-13-15(28)3-5-23-18(13)25-17(12)14-4-6-27(2)26-14/h3-9H,1-2H3,(H,23,25,28). The van der Waals surface area contributed by atoms with E-state index in [1.54, 1.807) is 30.1 Å². The number of nitrogens with one attached hydrogen (secondary N) is 1. The van der Waals surface area contributed by atoms with Crippen LogP contribution in [0.1, 0.15) is 11.4 Å². The first-order valence-electron chi connectivity index (χ1n) is 8.31. The third-order valence-electron chi connectivity index (χ3n) is 4.25. The normalized spacial score (nSPS) is 11.9. The van der Waals surface area contributed by atoms with Crippen LogP contribution in [0.2, 0.25) is 0 Å². The second-order valence-corrected chi connectivity index (χ2v) is 6.38. The first-order valence-corrected chi connectivity index (χ1v) is 8.31. The number of aromatic amines is 1. The van der Waals surface area contributed by atoms with E-state index in [0.29, 0.717) is 22.6 Å². The van der Waals surface area contributed by atoms with Gasteiger partial charge in [-0.2, -0.15) is 18.3 Å². The summed E-state index contributed by atoms with van der Waals surface area (Å²) < 4.78 is 41.3. The lowest BCUT2D eigenvalue weighted by atomic mass is 10.00. The Balaban J connectivity index is 2.06. The maximum atomic E-state index is 13.3. The van der Waals surface area contributed by atoms with Gasteiger partial charge in [0.2, 0.25) is 0 Å². The molecule has 4 aromatic heterocycles. The van der Waals surface area contributed by atoms with Crippen molar-refractivity contribution in [3.05, 3.63) is 64.3 Å². The van der Waals surface area contributed by atoms with Crippen LogP contribution in [0.3, 0.4) is 0 Å². The van der Waals surface area contributed by atoms with Crippen molar-refractivity contribution in [3.63, 3.8) is 0 Å². The summed E-state index contributed by atoms with van der Waals surface area (Å²) in [6, 6.07) is 7.08. The number of pyridine rings is 3. The molecule has 9 heteroatoms. The van der Waals surface area contributed by atoms with Crippen LogP contribution in [-0.4, -0.2) is 24.7 Å². The van der Waals surface area contributed by atoms with Crippen LogP contribution in [0.4, 0.5) is 13.2 Å². The Bertz CT molecular complexity index is 1260. The molecule has 4 heterocycles. The van der Waals surface area contributed by atoms with Crippen LogP contribution in [0.25, 0.3) is 33.5 Å². The van der Waals surface area contributed by atoms with Crippen molar-refractivity contribution >= 4 is 11.0 Å². The molecule has 0 unspecified atom stereocenters. The molecule has 0 radical (unpaired) electrons. The molecule has 0 aliphatic rings. The molecule has 0 spiro atoms. The molecule has 28 heavy (non-hydrogen) atoms. The van der Waals surface area contributed by atoms with E-state index in [-0.39, 0.29) is 22.1 Å². The zero-order chi connectivity index (χ0) is 20.1. The van der Waals surface area contributed by atoms with Crippen LogP contribution in [0.5, 0.6) is 0 Å². The summed E-state index contributed by atoms with van der Waals surface area (Å²) >= 11 is 0. The molecule has 0 bridgehead atoms. The van der Waals surface area contributed by atoms with Crippen molar-refractivity contribution in [3.8, 4) is 22.5 Å². The lowest BCUT2D eigenvalue weighted by molar-refractivity contribution is -0.141. The summed E-state index contributed by atoms with van der Waals surface area (Å²) in [5.74, 6) is 0. The van der Waals surface area contributed by atoms with Gasteiger partial charge < -0.3 is 4.98 Å². The number of nitrogens with zero attached hydrogens (tertiary/aromatic N) is 4. The van der Waals surface area contributed by atoms with Gasteiger partial charge in [0, 0.05) is 36.8 Å². The minimum absolute atomic E-state index is 0.207. The maximum absolute atomic E-state index is 13.3. The van der Waals surface area contributed by atoms with Gasteiger partial charge in [-0.1, -0.05) is 0 Å². The monoisotopic (exact) mass is 385 g/mol. The molecule has 0 saturated heterocycles. The average Bonchev–Trinajstić information content (AvgIpc) is 3.06. The second kappa shape index (κ2) is 6.29. The number of halogens is 3. The van der Waals surface area contributed by atoms with Crippen molar-refractivity contribution in [2.24, 2.45) is 7.05 Å². The Hall–Kier alpha value is -3.49. The molecule has 1 N–H and O–H groups in total. The Morgan fingerprint density at radius 2 is 1.89 bits per heavy atom. The zero-order valence-corrected chi connectivity index (χ0v) is 14.9. The number of fused-ring (bicyclic) bond motifs is 1. The van der Waals surface area contributed by atoms with Gasteiger partial charge in [0.15, 0.2) is 5.43 Å². The highest BCUT2D eigenvalue weighted by Crippen LogP contribution is 2.35. The predicted molar refractivity (Wildman–Crippen MR) is 97.5 cm³/mol. The molecule has 6 nitrogen and oxygen atoms in total. The second-order valence-electron chi connectivity index (χ2n) is 6.38. The van der Waals surface area contributed by atoms with Crippen LogP contribution in [0, 0.1) is 6.92 Å². The third-order valence-corrected chi connectivity index (χ3v) is 4.25. The molecule has 4 aromatic rings. The van der Waals surface area contributed by atoms with Gasteiger partial charge in [0.1, 0.15) is 22.7 Å². The number of aromatic nitrogens is 5. The van der Waals surface area contributed by atoms with Crippen molar-refractivity contribution in [2.45, 2.75) is 13.1 Å². The Kier molecular flexibility index (Phi) is 4.02. The molecule has 0 aliphatic heterocycles. The van der Waals surface area contributed by atoms with Crippen molar-refractivity contribution in [1.82, 2.24) is 24.7 Å². The Morgan fingerprint density at radius 1 is 1.11 bits per heavy atom. The predicted octanol–water partition coefficient (Wildman–Crippen LogP) is 3.71. The highest BCUT2D eigenvalue weighted by molar-refractivity contribution is 5.89. The maximum Gasteiger partial charge on any atom is 0.433 e. The van der Waals surface area contributed by atoms with Gasteiger partial charge in [-0.05, 0) is 36.8 Å². The molecular formula is C19H14F3N5O. The number of hydrogen-bond donors (Lipinski definition) is 1. The topological polar surface area (TPSA) is 76.5 Å². The van der Waals surface area contributed by atoms with Crippen LogP contribution in [-0.2, 0) is 13.2 Å². The van der Waals surface area contributed by atoms with Gasteiger partial charge in [-0.25, -0.2) is 9.97 Å². The van der Waals surface area contributed by atoms with Crippen LogP contribution >= 0.6 is 0 Å². The van der Waals surface area contributed by atoms with Gasteiger partial charge in [-0.3, -0.25) is 9.48 Å². The summed E-state index contributed by atoms with van der Waals surface area (Å²) in [5, 5.41) is 4.59. The Labute approximate surface area is 156 Å². The third kappa shape index (κ3) is 3.15. The van der Waals surface area contributed by atoms with Gasteiger partial charge >= 0.3 is 6.18 Å². The smallest absolute Gasteiger partial charge is 0.346 e. The van der Waals surface area contributed by atoms with Crippen molar-refractivity contribution in [2.75, 3.05) is 0 Å². The summed E-state index contributed by atoms with van der Waals surface area (Å²) in [4.78, 5) is 23.2. The van der Waals surface area contributed by atoms with Crippen LogP contribution in [0.15, 0.2) is 47.5 Å². The molecule has 0 fully saturated rings. The fourth-order valence-electron chi connectivity index (χ4n) is 3.02. The van der Waals surface area contributed by atoms with E-state index in [0.717, 1.165) is 6.07 Å². The first-order chi connectivity index (χ1) is 13.2. The largest absolute Gasteiger partial charge is 0.433 e. The lowest BCUT2D eigenvalue weighted by Gasteiger charge is -2.13. The van der Waals surface area contributed by atoms with E-state index in [9.17, 15) is 18.0 Å². The SMILES string of the molecule is Cc1cc(-c2cc3c(=O)cc[nH]c3nc2-c2ccn(C)n2)cc(C(F)(F)F)n1. The van der Waals surface area contributed by atoms with E-state index in [1.807, 2.05) is 0 Å². The molecule has 0 amide bonds. The summed E-state index contributed by atoms with van der Waals surface area (Å²) in [6.45, 7) is 1.49. The van der Waals surface area contributed by atoms with Gasteiger partial charge in [0.25, 0.3) is 0 Å². The molecule has 0 aromatic carbocycles. The summed E-state index contributed by atoms with van der Waals surface area (Å²) in [7, 11) is 1.73. The van der Waals surface area contributed by atoms with Crippen molar-refractivity contribution in [1.29, 1.82) is 0 Å². The Morgan fingerprint density at radius 3 is 2.57 bits per heavy atom. The molecule has 0 aliphatic carbocycles. The molecule has 0 atom stereocenters. The van der Waals surface area contributed by atoms with Gasteiger partial charge in [0.05, 0.1) is 5.39 Å². The van der Waals surface area contributed by atoms with Crippen LogP contribution < -0.4 is 5.43 Å². The molecular weight excluding hydrogens is 371 g/mol. The quantitative estimate of drug-likeness (QED) is 0.571. The number of alkyl halides is 3. The summed E-state index contributed by atoms with van der Waals surface area (Å²) in [6.07, 6.45) is -1.41. The van der Waals surface area contributed by atoms with E-state index < -0.39 is 11.9 Å². The minimum atomic E-state index is -4.59. The highest BCUT2D eigenvalue weighted by Gasteiger charge is 2.33. The first kappa shape index (κ1) is 17.9. The molecule has 142 valence electrons. The number of aryl methyl sites for hydroxylation is 2. The number of hydrogen-bond acceptors (Lipinski definition) is 4. The van der Waals surface area contributed by atoms with Gasteiger partial charge in [-0.15, -0.1) is 0 Å². The fraction of sp³-hybridized carbons (Fsp3) is 0.158. The van der Waals surface area contributed by atoms with E-state index in [2.05, 4.69) is 20.1 Å². The fourth-order valence-corrected chi connectivity index (χ4v) is 3.02. The lowest BCUT2D eigenvalue weighted by Crippen LogP contribution is -2.09. The summed E-state index contributed by atoms with van der Waals surface area (Å²) in [5.41, 5.74) is 0.740. The van der Waals surface area contributed by atoms with E-state index in [1.165, 1.54) is 25.3 Å². The van der Waals surface area contributed by atoms with Crippen molar-refractivity contribution < 1.29 is 13.2 Å². The molecule has 4 rings (SSSR count). The van der Waals surface area contributed by atoms with E-state index >= 15 is 0 Å². The van der Waals surface area contributed by atoms with E-state index in [4.69, 9.17) is 0 Å². The minimum Gasteiger partial charge on any atom is -0.346 e. The number of rotatable bonds is 2. The number of H-pyrrole nitrogens is 1. The zero-order valence-electron chi connectivity index (χ0n) is 14.9. The highest BCUT2D eigenvalue weighted by atomic mass is 19.4. The molecule has 0 saturated carbocycles.